The van der Waals surface area contributed by atoms with Crippen LogP contribution >= 0.6 is 11.6 Å². The summed E-state index contributed by atoms with van der Waals surface area (Å²) in [4.78, 5) is 23.2. The number of aromatic nitrogens is 2. The van der Waals surface area contributed by atoms with E-state index in [0.29, 0.717) is 17.8 Å². The standard InChI is InChI=1S/C19H19ClF2N4O/c20-17-10-16(24-11-25-17)13-3-4-19(5-7-23-8-6-19)26(18(13)27)12-1-2-14(21)15(22)9-12/h1-2,9-11,13,23H,3-8H2. The van der Waals surface area contributed by atoms with E-state index >= 15 is 0 Å². The molecule has 2 fully saturated rings. The number of carbonyl (C=O) groups excluding carboxylic acids is 1. The van der Waals surface area contributed by atoms with Gasteiger partial charge in [0.1, 0.15) is 11.5 Å². The zero-order valence-corrected chi connectivity index (χ0v) is 15.3. The fourth-order valence-corrected chi connectivity index (χ4v) is 4.40. The molecule has 2 aromatic rings. The maximum absolute atomic E-state index is 13.9. The van der Waals surface area contributed by atoms with Crippen molar-refractivity contribution in [2.75, 3.05) is 18.0 Å². The number of hydrogen-bond donors (Lipinski definition) is 1. The van der Waals surface area contributed by atoms with Gasteiger partial charge in [-0.3, -0.25) is 4.79 Å². The van der Waals surface area contributed by atoms with E-state index in [1.807, 2.05) is 0 Å². The summed E-state index contributed by atoms with van der Waals surface area (Å²) in [5.74, 6) is -2.54. The third-order valence-corrected chi connectivity index (χ3v) is 5.81. The number of piperidine rings is 2. The van der Waals surface area contributed by atoms with Crippen molar-refractivity contribution in [1.29, 1.82) is 0 Å². The number of rotatable bonds is 2. The van der Waals surface area contributed by atoms with Gasteiger partial charge in [-0.15, -0.1) is 0 Å². The summed E-state index contributed by atoms with van der Waals surface area (Å²) in [6.07, 6.45) is 4.24. The first kappa shape index (κ1) is 18.3. The van der Waals surface area contributed by atoms with E-state index in [2.05, 4.69) is 15.3 Å². The summed E-state index contributed by atoms with van der Waals surface area (Å²) < 4.78 is 27.4. The summed E-state index contributed by atoms with van der Waals surface area (Å²) >= 11 is 5.97. The number of hydrogen-bond acceptors (Lipinski definition) is 4. The van der Waals surface area contributed by atoms with Gasteiger partial charge in [-0.25, -0.2) is 18.7 Å². The number of amides is 1. The molecule has 1 aromatic carbocycles. The molecule has 1 aromatic heterocycles. The Kier molecular flexibility index (Phi) is 4.82. The predicted octanol–water partition coefficient (Wildman–Crippen LogP) is 3.44. The lowest BCUT2D eigenvalue weighted by Gasteiger charge is -2.51. The van der Waals surface area contributed by atoms with Crippen LogP contribution in [0.4, 0.5) is 14.5 Å². The fourth-order valence-electron chi connectivity index (χ4n) is 4.24. The normalized spacial score (nSPS) is 22.3. The second kappa shape index (κ2) is 7.13. The minimum atomic E-state index is -0.961. The van der Waals surface area contributed by atoms with Crippen molar-refractivity contribution < 1.29 is 13.6 Å². The smallest absolute Gasteiger partial charge is 0.236 e. The Balaban J connectivity index is 1.77. The molecule has 27 heavy (non-hydrogen) atoms. The minimum absolute atomic E-state index is 0.163. The lowest BCUT2D eigenvalue weighted by atomic mass is 9.74. The Morgan fingerprint density at radius 1 is 1.11 bits per heavy atom. The van der Waals surface area contributed by atoms with Crippen LogP contribution in [0, 0.1) is 11.6 Å². The molecule has 2 aliphatic rings. The summed E-state index contributed by atoms with van der Waals surface area (Å²) in [7, 11) is 0. The molecule has 0 saturated carbocycles. The Morgan fingerprint density at radius 2 is 1.89 bits per heavy atom. The average Bonchev–Trinajstić information content (AvgIpc) is 2.65. The van der Waals surface area contributed by atoms with Gasteiger partial charge in [0, 0.05) is 11.8 Å². The number of benzene rings is 1. The molecule has 1 amide bonds. The van der Waals surface area contributed by atoms with Gasteiger partial charge in [0.15, 0.2) is 11.6 Å². The largest absolute Gasteiger partial charge is 0.317 e. The molecule has 2 saturated heterocycles. The molecular weight excluding hydrogens is 374 g/mol. The van der Waals surface area contributed by atoms with E-state index in [1.54, 1.807) is 11.0 Å². The van der Waals surface area contributed by atoms with Crippen LogP contribution in [-0.4, -0.2) is 34.5 Å². The van der Waals surface area contributed by atoms with E-state index in [0.717, 1.165) is 44.5 Å². The summed E-state index contributed by atoms with van der Waals surface area (Å²) in [5, 5.41) is 3.58. The third kappa shape index (κ3) is 3.30. The molecule has 2 aliphatic heterocycles. The van der Waals surface area contributed by atoms with Crippen LogP contribution in [0.1, 0.15) is 37.3 Å². The molecule has 3 heterocycles. The highest BCUT2D eigenvalue weighted by atomic mass is 35.5. The van der Waals surface area contributed by atoms with E-state index < -0.39 is 23.1 Å². The van der Waals surface area contributed by atoms with Crippen molar-refractivity contribution in [3.05, 3.63) is 53.1 Å². The van der Waals surface area contributed by atoms with E-state index in [1.165, 1.54) is 12.4 Å². The summed E-state index contributed by atoms with van der Waals surface area (Å²) in [6, 6.07) is 5.23. The topological polar surface area (TPSA) is 58.1 Å². The van der Waals surface area contributed by atoms with Crippen LogP contribution in [0.3, 0.4) is 0 Å². The van der Waals surface area contributed by atoms with Crippen LogP contribution < -0.4 is 10.2 Å². The van der Waals surface area contributed by atoms with Crippen LogP contribution in [0.2, 0.25) is 5.15 Å². The predicted molar refractivity (Wildman–Crippen MR) is 97.7 cm³/mol. The Morgan fingerprint density at radius 3 is 2.59 bits per heavy atom. The molecule has 0 bridgehead atoms. The number of halogens is 3. The van der Waals surface area contributed by atoms with E-state index in [-0.39, 0.29) is 11.1 Å². The van der Waals surface area contributed by atoms with Crippen molar-refractivity contribution in [1.82, 2.24) is 15.3 Å². The van der Waals surface area contributed by atoms with Gasteiger partial charge in [0.05, 0.1) is 17.2 Å². The Hall–Kier alpha value is -2.12. The van der Waals surface area contributed by atoms with E-state index in [4.69, 9.17) is 11.6 Å². The van der Waals surface area contributed by atoms with Gasteiger partial charge < -0.3 is 10.2 Å². The molecule has 8 heteroatoms. The maximum Gasteiger partial charge on any atom is 0.236 e. The highest BCUT2D eigenvalue weighted by Gasteiger charge is 2.48. The second-order valence-electron chi connectivity index (χ2n) is 7.10. The van der Waals surface area contributed by atoms with Gasteiger partial charge >= 0.3 is 0 Å². The number of nitrogens with zero attached hydrogens (tertiary/aromatic N) is 3. The van der Waals surface area contributed by atoms with Crippen molar-refractivity contribution >= 4 is 23.2 Å². The molecule has 1 spiro atoms. The Bertz CT molecular complexity index is 873. The monoisotopic (exact) mass is 392 g/mol. The third-order valence-electron chi connectivity index (χ3n) is 5.60. The van der Waals surface area contributed by atoms with E-state index in [9.17, 15) is 13.6 Å². The summed E-state index contributed by atoms with van der Waals surface area (Å²) in [6.45, 7) is 1.55. The zero-order valence-electron chi connectivity index (χ0n) is 14.6. The van der Waals surface area contributed by atoms with Crippen molar-refractivity contribution in [3.8, 4) is 0 Å². The van der Waals surface area contributed by atoms with Crippen LogP contribution in [0.5, 0.6) is 0 Å². The SMILES string of the molecule is O=C1C(c2cc(Cl)ncn2)CCC2(CCNCC2)N1c1ccc(F)c(F)c1. The van der Waals surface area contributed by atoms with Crippen LogP contribution in [0.25, 0.3) is 0 Å². The molecule has 0 radical (unpaired) electrons. The Labute approximate surface area is 160 Å². The molecule has 5 nitrogen and oxygen atoms in total. The van der Waals surface area contributed by atoms with Gasteiger partial charge in [0.2, 0.25) is 5.91 Å². The number of carbonyl (C=O) groups is 1. The molecule has 1 unspecified atom stereocenters. The van der Waals surface area contributed by atoms with Crippen LogP contribution in [0.15, 0.2) is 30.6 Å². The summed E-state index contributed by atoms with van der Waals surface area (Å²) in [5.41, 5.74) is 0.530. The van der Waals surface area contributed by atoms with Crippen molar-refractivity contribution in [3.63, 3.8) is 0 Å². The first-order valence-corrected chi connectivity index (χ1v) is 9.35. The molecule has 1 N–H and O–H groups in total. The second-order valence-corrected chi connectivity index (χ2v) is 7.49. The first-order valence-electron chi connectivity index (χ1n) is 8.97. The van der Waals surface area contributed by atoms with Gasteiger partial charge in [-0.05, 0) is 57.0 Å². The van der Waals surface area contributed by atoms with Crippen LogP contribution in [-0.2, 0) is 4.79 Å². The molecule has 142 valence electrons. The molecule has 0 aliphatic carbocycles. The highest BCUT2D eigenvalue weighted by molar-refractivity contribution is 6.29. The van der Waals surface area contributed by atoms with Gasteiger partial charge in [-0.2, -0.15) is 0 Å². The average molecular weight is 393 g/mol. The van der Waals surface area contributed by atoms with Crippen molar-refractivity contribution in [2.24, 2.45) is 0 Å². The quantitative estimate of drug-likeness (QED) is 0.795. The van der Waals surface area contributed by atoms with Gasteiger partial charge in [0.25, 0.3) is 0 Å². The minimum Gasteiger partial charge on any atom is -0.317 e. The zero-order chi connectivity index (χ0) is 19.0. The lowest BCUT2D eigenvalue weighted by Crippen LogP contribution is -2.61. The maximum atomic E-state index is 13.9. The highest BCUT2D eigenvalue weighted by Crippen LogP contribution is 2.44. The first-order chi connectivity index (χ1) is 13.0. The molecular formula is C19H19ClF2N4O. The molecule has 4 rings (SSSR count). The van der Waals surface area contributed by atoms with Crippen molar-refractivity contribution in [2.45, 2.75) is 37.1 Å². The van der Waals surface area contributed by atoms with Gasteiger partial charge in [-0.1, -0.05) is 11.6 Å². The lowest BCUT2D eigenvalue weighted by molar-refractivity contribution is -0.123. The number of anilines is 1. The fraction of sp³-hybridized carbons (Fsp3) is 0.421. The molecule has 1 atom stereocenters. The number of nitrogens with one attached hydrogen (secondary N) is 1.